The second-order valence-corrected chi connectivity index (χ2v) is 3.80. The van der Waals surface area contributed by atoms with Crippen LogP contribution in [0.3, 0.4) is 0 Å². The zero-order chi connectivity index (χ0) is 13.2. The van der Waals surface area contributed by atoms with Crippen LogP contribution in [0.1, 0.15) is 31.9 Å². The minimum atomic E-state index is -0.545. The first-order valence-corrected chi connectivity index (χ1v) is 6.03. The van der Waals surface area contributed by atoms with Crippen molar-refractivity contribution in [2.45, 2.75) is 32.2 Å². The third-order valence-corrected chi connectivity index (χ3v) is 2.28. The molecule has 0 aromatic carbocycles. The number of esters is 1. The van der Waals surface area contributed by atoms with E-state index in [0.29, 0.717) is 18.7 Å². The molecule has 0 saturated heterocycles. The van der Waals surface area contributed by atoms with E-state index in [-0.39, 0.29) is 27.0 Å². The van der Waals surface area contributed by atoms with E-state index >= 15 is 0 Å². The first-order chi connectivity index (χ1) is 8.77. The number of aromatic nitrogens is 2. The van der Waals surface area contributed by atoms with Gasteiger partial charge in [0.25, 0.3) is 0 Å². The predicted octanol–water partition coefficient (Wildman–Crippen LogP) is 1.74. The second kappa shape index (κ2) is 10.7. The monoisotopic (exact) mass is 443 g/mol. The van der Waals surface area contributed by atoms with E-state index < -0.39 is 6.04 Å². The van der Waals surface area contributed by atoms with Crippen LogP contribution in [0, 0.1) is 0 Å². The minimum Gasteiger partial charge on any atom is -0.574 e. The summed E-state index contributed by atoms with van der Waals surface area (Å²) in [7, 11) is 0. The van der Waals surface area contributed by atoms with Crippen molar-refractivity contribution in [3.8, 4) is 0 Å². The molecule has 1 heterocycles. The summed E-state index contributed by atoms with van der Waals surface area (Å²) in [6.45, 7) is 6.10. The van der Waals surface area contributed by atoms with Gasteiger partial charge in [0, 0.05) is 33.5 Å². The van der Waals surface area contributed by atoms with Gasteiger partial charge in [-0.1, -0.05) is 25.5 Å². The number of hydrogen-bond acceptors (Lipinski definition) is 4. The molecule has 0 aliphatic heterocycles. The number of aliphatic imine (C=N–C) groups is 1. The smallest absolute Gasteiger partial charge is 0.331 e. The van der Waals surface area contributed by atoms with Crippen LogP contribution in [0.25, 0.3) is 0 Å². The van der Waals surface area contributed by atoms with E-state index in [4.69, 9.17) is 4.74 Å². The summed E-state index contributed by atoms with van der Waals surface area (Å²) in [5, 5.41) is 7.48. The largest absolute Gasteiger partial charge is 0.574 e. The zero-order valence-electron chi connectivity index (χ0n) is 10.9. The van der Waals surface area contributed by atoms with Crippen LogP contribution in [0.4, 0.5) is 0 Å². The predicted molar refractivity (Wildman–Crippen MR) is 69.6 cm³/mol. The molecule has 0 fully saturated rings. The van der Waals surface area contributed by atoms with Gasteiger partial charge in [0.2, 0.25) is 0 Å². The summed E-state index contributed by atoms with van der Waals surface area (Å²) < 4.78 is 5.13. The Morgan fingerprint density at radius 2 is 2.47 bits per heavy atom. The summed E-state index contributed by atoms with van der Waals surface area (Å²) in [6, 6.07) is 1.17. The molecule has 6 heteroatoms. The molecule has 1 aromatic heterocycles. The quantitative estimate of drug-likeness (QED) is 0.266. The van der Waals surface area contributed by atoms with E-state index in [0.717, 1.165) is 12.8 Å². The van der Waals surface area contributed by atoms with Crippen LogP contribution < -0.4 is 5.10 Å². The second-order valence-electron chi connectivity index (χ2n) is 3.80. The molecule has 0 aliphatic carbocycles. The number of unbranched alkanes of at least 4 members (excludes halogenated alkanes) is 1. The van der Waals surface area contributed by atoms with Crippen LogP contribution >= 0.6 is 0 Å². The normalized spacial score (nSPS) is 11.8. The third-order valence-electron chi connectivity index (χ3n) is 2.28. The van der Waals surface area contributed by atoms with Gasteiger partial charge in [-0.05, 0) is 12.8 Å². The fraction of sp³-hybridized carbons (Fsp3) is 0.462. The van der Waals surface area contributed by atoms with Gasteiger partial charge in [0.15, 0.2) is 6.04 Å². The Kier molecular flexibility index (Phi) is 9.99. The molecule has 0 spiro atoms. The van der Waals surface area contributed by atoms with Crippen molar-refractivity contribution in [2.24, 2.45) is 4.99 Å². The molecule has 1 rings (SSSR count). The first-order valence-electron chi connectivity index (χ1n) is 6.03. The maximum atomic E-state index is 11.7. The van der Waals surface area contributed by atoms with Crippen molar-refractivity contribution < 1.29 is 30.6 Å². The van der Waals surface area contributed by atoms with Gasteiger partial charge in [0.1, 0.15) is 0 Å². The Hall–Kier alpha value is -1.22. The van der Waals surface area contributed by atoms with Gasteiger partial charge in [-0.15, -0.1) is 12.3 Å². The SMILES string of the molecule is C=CCC(N=Cc1ccn[n-]1)C(=O)OCCCC.[Pt]. The van der Waals surface area contributed by atoms with E-state index in [1.165, 1.54) is 6.21 Å². The molecule has 0 saturated carbocycles. The topological polar surface area (TPSA) is 65.7 Å². The van der Waals surface area contributed by atoms with Gasteiger partial charge in [-0.2, -0.15) is 0 Å². The number of nitrogens with zero attached hydrogens (tertiary/aromatic N) is 3. The van der Waals surface area contributed by atoms with Crippen molar-refractivity contribution in [1.29, 1.82) is 0 Å². The third kappa shape index (κ3) is 7.06. The minimum absolute atomic E-state index is 0. The van der Waals surface area contributed by atoms with Gasteiger partial charge >= 0.3 is 5.97 Å². The van der Waals surface area contributed by atoms with Crippen LogP contribution in [0.2, 0.25) is 0 Å². The zero-order valence-corrected chi connectivity index (χ0v) is 13.2. The Balaban J connectivity index is 0.00000324. The molecule has 19 heavy (non-hydrogen) atoms. The first kappa shape index (κ1) is 17.8. The molecule has 0 amide bonds. The van der Waals surface area contributed by atoms with Crippen LogP contribution in [0.5, 0.6) is 0 Å². The van der Waals surface area contributed by atoms with Crippen molar-refractivity contribution in [2.75, 3.05) is 6.61 Å². The van der Waals surface area contributed by atoms with Gasteiger partial charge in [-0.25, -0.2) is 4.79 Å². The fourth-order valence-electron chi connectivity index (χ4n) is 1.27. The van der Waals surface area contributed by atoms with Crippen molar-refractivity contribution in [3.05, 3.63) is 30.6 Å². The van der Waals surface area contributed by atoms with Crippen molar-refractivity contribution >= 4 is 12.2 Å². The Labute approximate surface area is 127 Å². The van der Waals surface area contributed by atoms with Crippen molar-refractivity contribution in [1.82, 2.24) is 10.2 Å². The maximum Gasteiger partial charge on any atom is 0.331 e. The summed E-state index contributed by atoms with van der Waals surface area (Å²) in [5.74, 6) is -0.320. The average Bonchev–Trinajstić information content (AvgIpc) is 2.87. The Morgan fingerprint density at radius 1 is 1.68 bits per heavy atom. The molecule has 1 unspecified atom stereocenters. The van der Waals surface area contributed by atoms with Crippen LogP contribution in [-0.4, -0.2) is 29.9 Å². The number of carbonyl (C=O) groups is 1. The number of rotatable bonds is 8. The van der Waals surface area contributed by atoms with Gasteiger partial charge < -0.3 is 14.9 Å². The van der Waals surface area contributed by atoms with Gasteiger partial charge in [-0.3, -0.25) is 4.99 Å². The fourth-order valence-corrected chi connectivity index (χ4v) is 1.27. The number of carbonyl (C=O) groups excluding carboxylic acids is 1. The summed E-state index contributed by atoms with van der Waals surface area (Å²) in [4.78, 5) is 15.9. The van der Waals surface area contributed by atoms with E-state index in [2.05, 4.69) is 21.8 Å². The number of ether oxygens (including phenoxy) is 1. The molecular formula is C13H18N3O2Pt-. The van der Waals surface area contributed by atoms with E-state index in [1.807, 2.05) is 6.92 Å². The average molecular weight is 443 g/mol. The molecule has 108 valence electrons. The molecule has 0 radical (unpaired) electrons. The Bertz CT molecular complexity index is 391. The van der Waals surface area contributed by atoms with Crippen LogP contribution in [0.15, 0.2) is 29.9 Å². The van der Waals surface area contributed by atoms with E-state index in [1.54, 1.807) is 18.3 Å². The van der Waals surface area contributed by atoms with Gasteiger partial charge in [0.05, 0.1) is 6.61 Å². The van der Waals surface area contributed by atoms with E-state index in [9.17, 15) is 4.79 Å². The molecular weight excluding hydrogens is 425 g/mol. The molecule has 0 bridgehead atoms. The molecule has 0 aliphatic rings. The molecule has 0 N–H and O–H groups in total. The molecule has 1 atom stereocenters. The standard InChI is InChI=1S/C13H18N3O2.Pt/c1-3-5-9-18-13(17)12(6-4-2)14-10-11-7-8-15-16-11;/h4,7-8,10,12H,2-3,5-6,9H2,1H3;/q-1;. The van der Waals surface area contributed by atoms with Crippen LogP contribution in [-0.2, 0) is 30.6 Å². The Morgan fingerprint density at radius 3 is 3.05 bits per heavy atom. The van der Waals surface area contributed by atoms with Crippen molar-refractivity contribution in [3.63, 3.8) is 0 Å². The molecule has 5 nitrogen and oxygen atoms in total. The summed E-state index contributed by atoms with van der Waals surface area (Å²) in [6.07, 6.45) is 7.07. The maximum absolute atomic E-state index is 11.7. The summed E-state index contributed by atoms with van der Waals surface area (Å²) >= 11 is 0. The number of hydrogen-bond donors (Lipinski definition) is 0. The summed E-state index contributed by atoms with van der Waals surface area (Å²) in [5.41, 5.74) is 0.630. The molecule has 1 aromatic rings.